The SMILES string of the molecule is C#C[C@@H]1OC(C)(C)O[C@H]1/C=C/CCCCCC. The lowest BCUT2D eigenvalue weighted by Gasteiger charge is -2.15. The highest BCUT2D eigenvalue weighted by atomic mass is 16.7. The van der Waals surface area contributed by atoms with Gasteiger partial charge in [0.1, 0.15) is 6.10 Å². The maximum absolute atomic E-state index is 5.73. The maximum atomic E-state index is 5.73. The molecule has 17 heavy (non-hydrogen) atoms. The van der Waals surface area contributed by atoms with E-state index in [0.717, 1.165) is 6.42 Å². The molecule has 0 aliphatic carbocycles. The highest BCUT2D eigenvalue weighted by Gasteiger charge is 2.38. The molecule has 0 amide bonds. The Labute approximate surface area is 105 Å². The minimum absolute atomic E-state index is 0.0961. The van der Waals surface area contributed by atoms with Crippen molar-refractivity contribution in [2.24, 2.45) is 0 Å². The monoisotopic (exact) mass is 236 g/mol. The van der Waals surface area contributed by atoms with Gasteiger partial charge in [-0.3, -0.25) is 0 Å². The summed E-state index contributed by atoms with van der Waals surface area (Å²) in [5.41, 5.74) is 0. The first-order valence-electron chi connectivity index (χ1n) is 6.57. The van der Waals surface area contributed by atoms with Gasteiger partial charge in [0.15, 0.2) is 11.9 Å². The van der Waals surface area contributed by atoms with Crippen molar-refractivity contribution in [3.8, 4) is 12.3 Å². The third kappa shape index (κ3) is 4.93. The third-order valence-electron chi connectivity index (χ3n) is 2.84. The molecule has 0 unspecified atom stereocenters. The molecule has 0 aromatic carbocycles. The second-order valence-electron chi connectivity index (χ2n) is 4.96. The Morgan fingerprint density at radius 3 is 2.65 bits per heavy atom. The highest BCUT2D eigenvalue weighted by molar-refractivity contribution is 5.09. The van der Waals surface area contributed by atoms with Gasteiger partial charge in [-0.15, -0.1) is 6.42 Å². The first-order valence-corrected chi connectivity index (χ1v) is 6.57. The van der Waals surface area contributed by atoms with Crippen molar-refractivity contribution in [1.29, 1.82) is 0 Å². The van der Waals surface area contributed by atoms with Crippen LogP contribution in [-0.4, -0.2) is 18.0 Å². The summed E-state index contributed by atoms with van der Waals surface area (Å²) in [5, 5.41) is 0. The molecular formula is C15H24O2. The van der Waals surface area contributed by atoms with Gasteiger partial charge in [-0.25, -0.2) is 0 Å². The van der Waals surface area contributed by atoms with Crippen LogP contribution in [0.1, 0.15) is 52.9 Å². The van der Waals surface area contributed by atoms with Crippen LogP contribution in [0.5, 0.6) is 0 Å². The fourth-order valence-electron chi connectivity index (χ4n) is 1.98. The average Bonchev–Trinajstić information content (AvgIpc) is 2.58. The van der Waals surface area contributed by atoms with Crippen LogP contribution in [0.4, 0.5) is 0 Å². The third-order valence-corrected chi connectivity index (χ3v) is 2.84. The predicted molar refractivity (Wildman–Crippen MR) is 70.6 cm³/mol. The van der Waals surface area contributed by atoms with E-state index in [2.05, 4.69) is 18.9 Å². The molecule has 2 nitrogen and oxygen atoms in total. The Balaban J connectivity index is 2.30. The number of unbranched alkanes of at least 4 members (excludes halogenated alkanes) is 4. The summed E-state index contributed by atoms with van der Waals surface area (Å²) in [6.45, 7) is 6.01. The second-order valence-corrected chi connectivity index (χ2v) is 4.96. The lowest BCUT2D eigenvalue weighted by molar-refractivity contribution is -0.138. The average molecular weight is 236 g/mol. The number of hydrogen-bond acceptors (Lipinski definition) is 2. The summed E-state index contributed by atoms with van der Waals surface area (Å²) in [6, 6.07) is 0. The first kappa shape index (κ1) is 14.3. The van der Waals surface area contributed by atoms with Crippen LogP contribution in [0.25, 0.3) is 0 Å². The van der Waals surface area contributed by atoms with Gasteiger partial charge in [-0.2, -0.15) is 0 Å². The van der Waals surface area contributed by atoms with E-state index in [1.807, 2.05) is 19.9 Å². The summed E-state index contributed by atoms with van der Waals surface area (Å²) in [5.74, 6) is 2.07. The van der Waals surface area contributed by atoms with Crippen molar-refractivity contribution >= 4 is 0 Å². The van der Waals surface area contributed by atoms with Crippen LogP contribution >= 0.6 is 0 Å². The van der Waals surface area contributed by atoms with Crippen molar-refractivity contribution in [3.05, 3.63) is 12.2 Å². The van der Waals surface area contributed by atoms with E-state index in [-0.39, 0.29) is 12.2 Å². The van der Waals surface area contributed by atoms with Crippen LogP contribution in [0.2, 0.25) is 0 Å². The van der Waals surface area contributed by atoms with E-state index in [9.17, 15) is 0 Å². The topological polar surface area (TPSA) is 18.5 Å². The molecular weight excluding hydrogens is 212 g/mol. The largest absolute Gasteiger partial charge is 0.339 e. The fourth-order valence-corrected chi connectivity index (χ4v) is 1.98. The van der Waals surface area contributed by atoms with E-state index in [4.69, 9.17) is 15.9 Å². The number of terminal acetylenes is 1. The van der Waals surface area contributed by atoms with Crippen LogP contribution < -0.4 is 0 Å². The van der Waals surface area contributed by atoms with Crippen molar-refractivity contribution in [3.63, 3.8) is 0 Å². The number of rotatable bonds is 6. The second kappa shape index (κ2) is 6.83. The van der Waals surface area contributed by atoms with Gasteiger partial charge in [0.25, 0.3) is 0 Å². The molecule has 0 bridgehead atoms. The first-order chi connectivity index (χ1) is 8.09. The molecule has 0 aromatic rings. The molecule has 0 saturated carbocycles. The molecule has 1 heterocycles. The predicted octanol–water partition coefficient (Wildman–Crippen LogP) is 3.67. The lowest BCUT2D eigenvalue weighted by atomic mass is 10.1. The van der Waals surface area contributed by atoms with Crippen molar-refractivity contribution < 1.29 is 9.47 Å². The minimum Gasteiger partial charge on any atom is -0.339 e. The fraction of sp³-hybridized carbons (Fsp3) is 0.733. The van der Waals surface area contributed by atoms with Gasteiger partial charge in [-0.1, -0.05) is 44.3 Å². The Morgan fingerprint density at radius 2 is 2.00 bits per heavy atom. The molecule has 0 spiro atoms. The molecule has 1 fully saturated rings. The van der Waals surface area contributed by atoms with Crippen LogP contribution in [0.15, 0.2) is 12.2 Å². The van der Waals surface area contributed by atoms with E-state index >= 15 is 0 Å². The molecule has 1 aliphatic rings. The standard InChI is InChI=1S/C15H24O2/c1-5-7-8-9-10-11-12-14-13(6-2)16-15(3,4)17-14/h2,11-14H,5,7-10H2,1,3-4H3/b12-11+/t13-,14-/m0/s1. The normalized spacial score (nSPS) is 27.4. The Kier molecular flexibility index (Phi) is 5.74. The minimum atomic E-state index is -0.561. The summed E-state index contributed by atoms with van der Waals surface area (Å²) >= 11 is 0. The quantitative estimate of drug-likeness (QED) is 0.398. The summed E-state index contributed by atoms with van der Waals surface area (Å²) in [6.07, 6.45) is 15.5. The molecule has 1 saturated heterocycles. The van der Waals surface area contributed by atoms with Crippen molar-refractivity contribution in [2.75, 3.05) is 0 Å². The summed E-state index contributed by atoms with van der Waals surface area (Å²) in [7, 11) is 0. The zero-order valence-electron chi connectivity index (χ0n) is 11.2. The molecule has 96 valence electrons. The van der Waals surface area contributed by atoms with E-state index < -0.39 is 5.79 Å². The van der Waals surface area contributed by atoms with E-state index in [1.165, 1.54) is 25.7 Å². The number of ether oxygens (including phenoxy) is 2. The van der Waals surface area contributed by atoms with Crippen LogP contribution in [0.3, 0.4) is 0 Å². The van der Waals surface area contributed by atoms with Gasteiger partial charge < -0.3 is 9.47 Å². The van der Waals surface area contributed by atoms with Gasteiger partial charge >= 0.3 is 0 Å². The van der Waals surface area contributed by atoms with Crippen molar-refractivity contribution in [2.45, 2.75) is 70.9 Å². The zero-order valence-corrected chi connectivity index (χ0v) is 11.2. The van der Waals surface area contributed by atoms with E-state index in [0.29, 0.717) is 0 Å². The molecule has 2 heteroatoms. The molecule has 2 atom stereocenters. The highest BCUT2D eigenvalue weighted by Crippen LogP contribution is 2.28. The van der Waals surface area contributed by atoms with E-state index in [1.54, 1.807) is 0 Å². The summed E-state index contributed by atoms with van der Waals surface area (Å²) < 4.78 is 11.3. The van der Waals surface area contributed by atoms with Crippen molar-refractivity contribution in [1.82, 2.24) is 0 Å². The smallest absolute Gasteiger partial charge is 0.165 e. The van der Waals surface area contributed by atoms with Gasteiger partial charge in [-0.05, 0) is 26.7 Å². The number of hydrogen-bond donors (Lipinski definition) is 0. The Hall–Kier alpha value is -0.780. The van der Waals surface area contributed by atoms with Crippen LogP contribution in [-0.2, 0) is 9.47 Å². The summed E-state index contributed by atoms with van der Waals surface area (Å²) in [4.78, 5) is 0. The molecule has 1 aliphatic heterocycles. The zero-order chi connectivity index (χ0) is 12.7. The van der Waals surface area contributed by atoms with Gasteiger partial charge in [0, 0.05) is 0 Å². The molecule has 0 N–H and O–H groups in total. The molecule has 0 aromatic heterocycles. The molecule has 1 rings (SSSR count). The lowest BCUT2D eigenvalue weighted by Crippen LogP contribution is -2.20. The van der Waals surface area contributed by atoms with Crippen LogP contribution in [0, 0.1) is 12.3 Å². The van der Waals surface area contributed by atoms with Gasteiger partial charge in [0.05, 0.1) is 0 Å². The Morgan fingerprint density at radius 1 is 1.24 bits per heavy atom. The molecule has 0 radical (unpaired) electrons. The van der Waals surface area contributed by atoms with Gasteiger partial charge in [0.2, 0.25) is 0 Å². The number of allylic oxidation sites excluding steroid dienone is 1. The Bertz CT molecular complexity index is 286. The maximum Gasteiger partial charge on any atom is 0.165 e.